The number of allylic oxidation sites excluding steroid dienone is 2. The van der Waals surface area contributed by atoms with Crippen LogP contribution in [0, 0.1) is 52.3 Å². The zero-order chi connectivity index (χ0) is 38.5. The molecule has 8 heteroatoms. The van der Waals surface area contributed by atoms with E-state index in [1.54, 1.807) is 7.05 Å². The molecular weight excluding hydrogens is 681 g/mol. The largest absolute Gasteiger partial charge is 0.472 e. The molecule has 0 aromatic carbocycles. The first-order valence-corrected chi connectivity index (χ1v) is 23.8. The second kappa shape index (κ2) is 21.6. The maximum atomic E-state index is 12.5. The van der Waals surface area contributed by atoms with Crippen LogP contribution in [0.4, 0.5) is 0 Å². The number of likely N-dealkylation sites (N-methyl/N-ethyl adjacent to an activating group) is 1. The van der Waals surface area contributed by atoms with Crippen molar-refractivity contribution < 1.29 is 28.1 Å². The highest BCUT2D eigenvalue weighted by atomic mass is 31.2. The lowest BCUT2D eigenvalue weighted by Gasteiger charge is -2.58. The zero-order valence-electron chi connectivity index (χ0n) is 34.9. The topological polar surface area (TPSA) is 102 Å². The summed E-state index contributed by atoms with van der Waals surface area (Å²) in [4.78, 5) is 34.4. The van der Waals surface area contributed by atoms with Gasteiger partial charge in [0.05, 0.1) is 13.2 Å². The molecule has 7 nitrogen and oxygen atoms in total. The molecule has 0 radical (unpaired) electrons. The lowest BCUT2D eigenvalue weighted by molar-refractivity contribution is -0.120. The third kappa shape index (κ3) is 13.1. The predicted molar refractivity (Wildman–Crippen MR) is 218 cm³/mol. The number of unbranched alkanes of at least 4 members (excludes halogenated alkanes) is 4. The van der Waals surface area contributed by atoms with Crippen LogP contribution in [0.1, 0.15) is 182 Å². The van der Waals surface area contributed by atoms with Crippen LogP contribution in [0.15, 0.2) is 11.6 Å². The van der Waals surface area contributed by atoms with Gasteiger partial charge in [-0.15, -0.1) is 0 Å². The standard InChI is InChI=1S/C45H80NO6P/c1-34(2)15-13-16-35(3)41-24-25-42-40-23-22-37-33-36(26-28-44(37,4)43(40)27-29-45(41,42)5)17-9-7-10-18-38(47)20-14-21-39(48)19-11-8-12-31-51-53(49,50)52-32-30-46-6/h22,34-36,40-43,46H,7-21,23-33H2,1-6H3,(H,49,50)/t35-,36+,40+,41?,42?,43?,44?,45?/m1/s1. The summed E-state index contributed by atoms with van der Waals surface area (Å²) in [5.74, 6) is 6.69. The zero-order valence-corrected chi connectivity index (χ0v) is 35.8. The average molecular weight is 762 g/mol. The fraction of sp³-hybridized carbons (Fsp3) is 0.911. The molecule has 9 atom stereocenters. The summed E-state index contributed by atoms with van der Waals surface area (Å²) in [7, 11) is -2.26. The monoisotopic (exact) mass is 762 g/mol. The molecule has 0 amide bonds. The first-order valence-electron chi connectivity index (χ1n) is 22.3. The van der Waals surface area contributed by atoms with Gasteiger partial charge in [0.15, 0.2) is 0 Å². The third-order valence-electron chi connectivity index (χ3n) is 14.8. The fourth-order valence-electron chi connectivity index (χ4n) is 11.8. The van der Waals surface area contributed by atoms with Crippen molar-refractivity contribution in [1.29, 1.82) is 0 Å². The van der Waals surface area contributed by atoms with E-state index in [0.717, 1.165) is 67.1 Å². The van der Waals surface area contributed by atoms with Crippen LogP contribution in [0.3, 0.4) is 0 Å². The van der Waals surface area contributed by atoms with Gasteiger partial charge in [0.1, 0.15) is 11.6 Å². The highest BCUT2D eigenvalue weighted by molar-refractivity contribution is 7.47. The minimum atomic E-state index is -4.00. The van der Waals surface area contributed by atoms with Crippen LogP contribution in [-0.2, 0) is 23.2 Å². The highest BCUT2D eigenvalue weighted by Gasteiger charge is 2.59. The molecule has 6 unspecified atom stereocenters. The predicted octanol–water partition coefficient (Wildman–Crippen LogP) is 11.8. The van der Waals surface area contributed by atoms with Crippen molar-refractivity contribution in [3.8, 4) is 0 Å². The van der Waals surface area contributed by atoms with Crippen molar-refractivity contribution in [3.63, 3.8) is 0 Å². The van der Waals surface area contributed by atoms with Gasteiger partial charge in [-0.05, 0) is 136 Å². The number of carbonyl (C=O) groups is 2. The summed E-state index contributed by atoms with van der Waals surface area (Å²) in [5, 5.41) is 2.84. The molecular formula is C45H80NO6P. The number of ketones is 2. The summed E-state index contributed by atoms with van der Waals surface area (Å²) in [6, 6.07) is 0. The minimum Gasteiger partial charge on any atom is -0.317 e. The average Bonchev–Trinajstić information content (AvgIpc) is 3.47. The number of carbonyl (C=O) groups excluding carboxylic acids is 2. The number of fused-ring (bicyclic) bond motifs is 5. The van der Waals surface area contributed by atoms with E-state index in [4.69, 9.17) is 9.05 Å². The molecule has 0 spiro atoms. The molecule has 3 saturated carbocycles. The molecule has 0 saturated heterocycles. The summed E-state index contributed by atoms with van der Waals surface area (Å²) >= 11 is 0. The Morgan fingerprint density at radius 3 is 2.21 bits per heavy atom. The van der Waals surface area contributed by atoms with Gasteiger partial charge in [-0.3, -0.25) is 18.6 Å². The molecule has 0 aromatic heterocycles. The van der Waals surface area contributed by atoms with Gasteiger partial charge in [-0.25, -0.2) is 4.57 Å². The molecule has 4 aliphatic carbocycles. The number of rotatable bonds is 26. The molecule has 3 fully saturated rings. The Morgan fingerprint density at radius 2 is 1.51 bits per heavy atom. The number of nitrogens with one attached hydrogen (secondary N) is 1. The number of hydrogen-bond acceptors (Lipinski definition) is 6. The second-order valence-electron chi connectivity index (χ2n) is 19.0. The van der Waals surface area contributed by atoms with Crippen LogP contribution in [0.2, 0.25) is 0 Å². The van der Waals surface area contributed by atoms with Crippen LogP contribution in [0.5, 0.6) is 0 Å². The van der Waals surface area contributed by atoms with Crippen molar-refractivity contribution in [3.05, 3.63) is 11.6 Å². The molecule has 306 valence electrons. The van der Waals surface area contributed by atoms with Crippen LogP contribution in [0.25, 0.3) is 0 Å². The Balaban J connectivity index is 1.06. The van der Waals surface area contributed by atoms with E-state index < -0.39 is 7.82 Å². The molecule has 0 aliphatic heterocycles. The van der Waals surface area contributed by atoms with E-state index >= 15 is 0 Å². The van der Waals surface area contributed by atoms with E-state index in [2.05, 4.69) is 46.0 Å². The van der Waals surface area contributed by atoms with Gasteiger partial charge >= 0.3 is 7.82 Å². The Morgan fingerprint density at radius 1 is 0.830 bits per heavy atom. The van der Waals surface area contributed by atoms with Gasteiger partial charge in [0, 0.05) is 32.2 Å². The molecule has 53 heavy (non-hydrogen) atoms. The van der Waals surface area contributed by atoms with Crippen molar-refractivity contribution >= 4 is 19.4 Å². The Bertz CT molecular complexity index is 1220. The molecule has 4 rings (SSSR count). The normalized spacial score (nSPS) is 31.3. The van der Waals surface area contributed by atoms with Crippen molar-refractivity contribution in [1.82, 2.24) is 5.32 Å². The quantitative estimate of drug-likeness (QED) is 0.0514. The third-order valence-corrected chi connectivity index (χ3v) is 15.9. The first-order chi connectivity index (χ1) is 25.3. The van der Waals surface area contributed by atoms with Gasteiger partial charge in [-0.2, -0.15) is 0 Å². The second-order valence-corrected chi connectivity index (χ2v) is 20.4. The smallest absolute Gasteiger partial charge is 0.317 e. The van der Waals surface area contributed by atoms with Crippen LogP contribution in [-0.4, -0.2) is 43.3 Å². The highest BCUT2D eigenvalue weighted by Crippen LogP contribution is 2.67. The van der Waals surface area contributed by atoms with Crippen molar-refractivity contribution in [2.45, 2.75) is 182 Å². The Hall–Kier alpha value is -0.850. The van der Waals surface area contributed by atoms with Gasteiger partial charge in [-0.1, -0.05) is 91.2 Å². The maximum absolute atomic E-state index is 12.5. The maximum Gasteiger partial charge on any atom is 0.472 e. The summed E-state index contributed by atoms with van der Waals surface area (Å²) in [6.07, 6.45) is 27.7. The van der Waals surface area contributed by atoms with Crippen LogP contribution < -0.4 is 5.32 Å². The molecule has 2 N–H and O–H groups in total. The van der Waals surface area contributed by atoms with E-state index in [1.165, 1.54) is 83.5 Å². The van der Waals surface area contributed by atoms with Gasteiger partial charge < -0.3 is 10.2 Å². The molecule has 0 heterocycles. The van der Waals surface area contributed by atoms with Gasteiger partial charge in [0.25, 0.3) is 0 Å². The van der Waals surface area contributed by atoms with E-state index in [9.17, 15) is 19.0 Å². The van der Waals surface area contributed by atoms with Crippen molar-refractivity contribution in [2.24, 2.45) is 52.3 Å². The van der Waals surface area contributed by atoms with E-state index in [-0.39, 0.29) is 19.0 Å². The summed E-state index contributed by atoms with van der Waals surface area (Å²) in [5.41, 5.74) is 2.81. The molecule has 0 aromatic rings. The lowest BCUT2D eigenvalue weighted by atomic mass is 9.46. The fourth-order valence-corrected chi connectivity index (χ4v) is 12.5. The number of hydrogen-bond donors (Lipinski definition) is 2. The Kier molecular flexibility index (Phi) is 18.3. The van der Waals surface area contributed by atoms with E-state index in [0.29, 0.717) is 61.7 Å². The molecule has 4 aliphatic rings. The van der Waals surface area contributed by atoms with E-state index in [1.807, 2.05) is 5.57 Å². The number of Topliss-reactive ketones (excluding diaryl/α,β-unsaturated/α-hetero) is 2. The molecule has 0 bridgehead atoms. The van der Waals surface area contributed by atoms with Crippen molar-refractivity contribution in [2.75, 3.05) is 26.8 Å². The van der Waals surface area contributed by atoms with Crippen LogP contribution >= 0.6 is 7.82 Å². The SMILES string of the molecule is CNCCOP(=O)(O)OCCCCCC(=O)CCCC(=O)CCCCC[C@H]1CCC2(C)C(=CC[C@@H]3C2CCC2(C)C3CCC2[C@H](C)CCCC(C)C)C1. The minimum absolute atomic E-state index is 0.111. The first kappa shape index (κ1) is 44.9. The lowest BCUT2D eigenvalue weighted by Crippen LogP contribution is -2.50. The number of phosphoric acid groups is 1. The van der Waals surface area contributed by atoms with Gasteiger partial charge in [0.2, 0.25) is 0 Å². The summed E-state index contributed by atoms with van der Waals surface area (Å²) in [6.45, 7) is 13.4. The number of phosphoric ester groups is 1. The summed E-state index contributed by atoms with van der Waals surface area (Å²) < 4.78 is 21.5. The Labute approximate surface area is 325 Å².